The third-order valence-electron chi connectivity index (χ3n) is 2.82. The number of hydrogen-bond donors (Lipinski definition) is 2. The van der Waals surface area contributed by atoms with E-state index in [0.717, 1.165) is 24.3 Å². The number of carbonyl (C=O) groups is 2. The van der Waals surface area contributed by atoms with Crippen LogP contribution in [0.4, 0.5) is 13.2 Å². The summed E-state index contributed by atoms with van der Waals surface area (Å²) in [6.07, 6.45) is -4.76. The van der Waals surface area contributed by atoms with Crippen molar-refractivity contribution in [3.63, 3.8) is 0 Å². The molecule has 1 aromatic rings. The molecule has 0 aliphatic heterocycles. The minimum absolute atomic E-state index is 0.0302. The van der Waals surface area contributed by atoms with Crippen molar-refractivity contribution in [1.29, 1.82) is 5.26 Å². The Hall–Kier alpha value is -2.56. The normalized spacial score (nSPS) is 12.3. The van der Waals surface area contributed by atoms with Crippen LogP contribution < -0.4 is 5.32 Å². The fourth-order valence-corrected chi connectivity index (χ4v) is 1.71. The lowest BCUT2D eigenvalue weighted by molar-refractivity contribution is -0.142. The van der Waals surface area contributed by atoms with Crippen LogP contribution in [0.2, 0.25) is 0 Å². The summed E-state index contributed by atoms with van der Waals surface area (Å²) in [6.45, 7) is 0. The first-order chi connectivity index (χ1) is 10.2. The SMILES string of the molecule is N#CCC[C@H](NC(=O)Cc1ccc(C(F)(F)F)cc1)C(=O)O. The van der Waals surface area contributed by atoms with Gasteiger partial charge in [-0.3, -0.25) is 4.79 Å². The summed E-state index contributed by atoms with van der Waals surface area (Å²) in [5.41, 5.74) is -0.496. The number of nitriles is 1. The minimum Gasteiger partial charge on any atom is -0.480 e. The van der Waals surface area contributed by atoms with Crippen molar-refractivity contribution < 1.29 is 27.9 Å². The van der Waals surface area contributed by atoms with Crippen molar-refractivity contribution in [3.05, 3.63) is 35.4 Å². The number of carboxylic acid groups (broad SMARTS) is 1. The van der Waals surface area contributed by atoms with Gasteiger partial charge in [0.1, 0.15) is 6.04 Å². The third-order valence-corrected chi connectivity index (χ3v) is 2.82. The molecule has 0 radical (unpaired) electrons. The zero-order valence-electron chi connectivity index (χ0n) is 11.4. The Morgan fingerprint density at radius 2 is 1.86 bits per heavy atom. The second-order valence-electron chi connectivity index (χ2n) is 4.53. The topological polar surface area (TPSA) is 90.2 Å². The van der Waals surface area contributed by atoms with Crippen LogP contribution in [-0.4, -0.2) is 23.0 Å². The molecule has 0 unspecified atom stereocenters. The summed E-state index contributed by atoms with van der Waals surface area (Å²) in [5.74, 6) is -1.90. The monoisotopic (exact) mass is 314 g/mol. The predicted octanol–water partition coefficient (Wildman–Crippen LogP) is 2.12. The molecule has 0 bridgehead atoms. The fourth-order valence-electron chi connectivity index (χ4n) is 1.71. The zero-order chi connectivity index (χ0) is 16.8. The second-order valence-corrected chi connectivity index (χ2v) is 4.53. The van der Waals surface area contributed by atoms with Crippen molar-refractivity contribution in [3.8, 4) is 6.07 Å². The number of aliphatic carboxylic acids is 1. The maximum absolute atomic E-state index is 12.4. The van der Waals surface area contributed by atoms with Crippen LogP contribution in [0.1, 0.15) is 24.0 Å². The van der Waals surface area contributed by atoms with Gasteiger partial charge in [0.25, 0.3) is 0 Å². The van der Waals surface area contributed by atoms with E-state index >= 15 is 0 Å². The Morgan fingerprint density at radius 3 is 2.32 bits per heavy atom. The molecular weight excluding hydrogens is 301 g/mol. The van der Waals surface area contributed by atoms with E-state index in [2.05, 4.69) is 5.32 Å². The molecule has 22 heavy (non-hydrogen) atoms. The van der Waals surface area contributed by atoms with E-state index in [9.17, 15) is 22.8 Å². The van der Waals surface area contributed by atoms with Gasteiger partial charge in [-0.15, -0.1) is 0 Å². The molecule has 0 aromatic heterocycles. The molecule has 0 saturated heterocycles. The first-order valence-electron chi connectivity index (χ1n) is 6.29. The molecule has 0 fully saturated rings. The van der Waals surface area contributed by atoms with Crippen LogP contribution in [0, 0.1) is 11.3 Å². The van der Waals surface area contributed by atoms with E-state index in [-0.39, 0.29) is 19.3 Å². The quantitative estimate of drug-likeness (QED) is 0.841. The highest BCUT2D eigenvalue weighted by Gasteiger charge is 2.30. The Bertz CT molecular complexity index is 576. The van der Waals surface area contributed by atoms with Crippen LogP contribution >= 0.6 is 0 Å². The number of alkyl halides is 3. The van der Waals surface area contributed by atoms with Crippen molar-refractivity contribution >= 4 is 11.9 Å². The van der Waals surface area contributed by atoms with Gasteiger partial charge in [-0.2, -0.15) is 18.4 Å². The highest BCUT2D eigenvalue weighted by atomic mass is 19.4. The zero-order valence-corrected chi connectivity index (χ0v) is 11.4. The minimum atomic E-state index is -4.45. The number of amides is 1. The summed E-state index contributed by atoms with van der Waals surface area (Å²) in [6, 6.07) is 4.61. The summed E-state index contributed by atoms with van der Waals surface area (Å²) in [7, 11) is 0. The Balaban J connectivity index is 2.64. The lowest BCUT2D eigenvalue weighted by Crippen LogP contribution is -2.41. The third kappa shape index (κ3) is 5.44. The first kappa shape index (κ1) is 17.5. The van der Waals surface area contributed by atoms with E-state index in [0.29, 0.717) is 5.56 Å². The average Bonchev–Trinajstić information content (AvgIpc) is 2.42. The van der Waals surface area contributed by atoms with Gasteiger partial charge in [-0.25, -0.2) is 4.79 Å². The van der Waals surface area contributed by atoms with Crippen molar-refractivity contribution in [2.24, 2.45) is 0 Å². The average molecular weight is 314 g/mol. The van der Waals surface area contributed by atoms with E-state index in [1.165, 1.54) is 0 Å². The molecule has 1 rings (SSSR count). The van der Waals surface area contributed by atoms with Crippen LogP contribution in [0.25, 0.3) is 0 Å². The summed E-state index contributed by atoms with van der Waals surface area (Å²) in [5, 5.41) is 19.5. The smallest absolute Gasteiger partial charge is 0.416 e. The molecule has 1 atom stereocenters. The van der Waals surface area contributed by atoms with Crippen LogP contribution in [0.3, 0.4) is 0 Å². The van der Waals surface area contributed by atoms with Gasteiger partial charge in [-0.1, -0.05) is 12.1 Å². The highest BCUT2D eigenvalue weighted by molar-refractivity contribution is 5.84. The number of nitrogens with one attached hydrogen (secondary N) is 1. The number of hydrogen-bond acceptors (Lipinski definition) is 3. The van der Waals surface area contributed by atoms with Gasteiger partial charge >= 0.3 is 12.1 Å². The van der Waals surface area contributed by atoms with E-state index in [1.807, 2.05) is 0 Å². The molecule has 1 amide bonds. The Kier molecular flexibility index (Phi) is 5.92. The van der Waals surface area contributed by atoms with E-state index < -0.39 is 29.7 Å². The maximum atomic E-state index is 12.4. The fraction of sp³-hybridized carbons (Fsp3) is 0.357. The summed E-state index contributed by atoms with van der Waals surface area (Å²) >= 11 is 0. The van der Waals surface area contributed by atoms with Crippen LogP contribution in [0.15, 0.2) is 24.3 Å². The van der Waals surface area contributed by atoms with Gasteiger partial charge in [0.05, 0.1) is 18.1 Å². The number of carboxylic acids is 1. The van der Waals surface area contributed by atoms with E-state index in [1.54, 1.807) is 6.07 Å². The van der Waals surface area contributed by atoms with Crippen LogP contribution in [-0.2, 0) is 22.2 Å². The molecule has 8 heteroatoms. The number of halogens is 3. The van der Waals surface area contributed by atoms with Gasteiger partial charge in [0, 0.05) is 6.42 Å². The molecular formula is C14H13F3N2O3. The number of carbonyl (C=O) groups excluding carboxylic acids is 1. The predicted molar refractivity (Wildman–Crippen MR) is 69.6 cm³/mol. The van der Waals surface area contributed by atoms with Crippen molar-refractivity contribution in [2.75, 3.05) is 0 Å². The van der Waals surface area contributed by atoms with Crippen LogP contribution in [0.5, 0.6) is 0 Å². The maximum Gasteiger partial charge on any atom is 0.416 e. The first-order valence-corrected chi connectivity index (χ1v) is 6.29. The highest BCUT2D eigenvalue weighted by Crippen LogP contribution is 2.29. The largest absolute Gasteiger partial charge is 0.480 e. The molecule has 0 aliphatic carbocycles. The molecule has 0 aliphatic rings. The van der Waals surface area contributed by atoms with Gasteiger partial charge in [0.15, 0.2) is 0 Å². The molecule has 118 valence electrons. The number of nitrogens with zero attached hydrogens (tertiary/aromatic N) is 1. The van der Waals surface area contributed by atoms with Gasteiger partial charge in [0.2, 0.25) is 5.91 Å². The lowest BCUT2D eigenvalue weighted by Gasteiger charge is -2.13. The molecule has 5 nitrogen and oxygen atoms in total. The lowest BCUT2D eigenvalue weighted by atomic mass is 10.1. The second kappa shape index (κ2) is 7.45. The molecule has 0 heterocycles. The molecule has 1 aromatic carbocycles. The number of rotatable bonds is 6. The van der Waals surface area contributed by atoms with E-state index in [4.69, 9.17) is 10.4 Å². The van der Waals surface area contributed by atoms with Crippen molar-refractivity contribution in [2.45, 2.75) is 31.5 Å². The Labute approximate surface area is 124 Å². The molecule has 0 spiro atoms. The van der Waals surface area contributed by atoms with Gasteiger partial charge < -0.3 is 10.4 Å². The molecule has 2 N–H and O–H groups in total. The standard InChI is InChI=1S/C14H13F3N2O3/c15-14(16,17)10-5-3-9(4-6-10)8-12(20)19-11(13(21)22)2-1-7-18/h3-6,11H,1-2,8H2,(H,19,20)(H,21,22)/t11-/m0/s1. The molecule has 0 saturated carbocycles. The summed E-state index contributed by atoms with van der Waals surface area (Å²) < 4.78 is 37.2. The Morgan fingerprint density at radius 1 is 1.27 bits per heavy atom. The summed E-state index contributed by atoms with van der Waals surface area (Å²) in [4.78, 5) is 22.6. The number of benzene rings is 1. The van der Waals surface area contributed by atoms with Crippen molar-refractivity contribution in [1.82, 2.24) is 5.32 Å². The van der Waals surface area contributed by atoms with Gasteiger partial charge in [-0.05, 0) is 24.1 Å².